The van der Waals surface area contributed by atoms with Gasteiger partial charge >= 0.3 is 0 Å². The summed E-state index contributed by atoms with van der Waals surface area (Å²) in [5.41, 5.74) is -0.147. The van der Waals surface area contributed by atoms with E-state index in [9.17, 15) is 9.90 Å². The Labute approximate surface area is 210 Å². The second kappa shape index (κ2) is 13.3. The van der Waals surface area contributed by atoms with Crippen LogP contribution in [0.4, 0.5) is 0 Å². The third kappa shape index (κ3) is 7.88. The van der Waals surface area contributed by atoms with Crippen molar-refractivity contribution in [1.82, 2.24) is 20.4 Å². The molecule has 1 aromatic rings. The van der Waals surface area contributed by atoms with Crippen LogP contribution in [0.3, 0.4) is 0 Å². The van der Waals surface area contributed by atoms with Crippen molar-refractivity contribution in [2.75, 3.05) is 52.4 Å². The Hall–Kier alpha value is -1.39. The molecule has 32 heavy (non-hydrogen) atoms. The lowest BCUT2D eigenvalue weighted by atomic mass is 9.96. The number of hydrogen-bond acceptors (Lipinski definition) is 4. The van der Waals surface area contributed by atoms with Crippen LogP contribution in [0.2, 0.25) is 0 Å². The smallest absolute Gasteiger partial charge is 0.225 e. The highest BCUT2D eigenvalue weighted by molar-refractivity contribution is 14.0. The van der Waals surface area contributed by atoms with E-state index >= 15 is 0 Å². The highest BCUT2D eigenvalue weighted by atomic mass is 127. The Morgan fingerprint density at radius 3 is 2.41 bits per heavy atom. The zero-order valence-corrected chi connectivity index (χ0v) is 21.9. The molecular weight excluding hydrogens is 517 g/mol. The van der Waals surface area contributed by atoms with Crippen molar-refractivity contribution < 1.29 is 9.90 Å². The number of amides is 1. The number of aliphatic imine (C=N–C) groups is 1. The third-order valence-corrected chi connectivity index (χ3v) is 6.39. The molecule has 2 aliphatic rings. The van der Waals surface area contributed by atoms with Crippen LogP contribution >= 0.6 is 24.0 Å². The summed E-state index contributed by atoms with van der Waals surface area (Å²) in [6.45, 7) is 10.1. The van der Waals surface area contributed by atoms with E-state index in [4.69, 9.17) is 0 Å². The average molecular weight is 558 g/mol. The standard InChI is InChI=1S/C24H39N5O2.HI/c1-3-25-23(27-19-24(2,31)21-11-5-4-6-12-21)26-13-14-28-15-17-29(18-16-28)22(30)20-9-7-8-10-20;/h4-6,11-12,20,31H,3,7-10,13-19H2,1-2H3,(H2,25,26,27);1H. The Kier molecular flexibility index (Phi) is 11.2. The number of nitrogens with one attached hydrogen (secondary N) is 2. The minimum absolute atomic E-state index is 0. The van der Waals surface area contributed by atoms with Crippen LogP contribution in [0.25, 0.3) is 0 Å². The van der Waals surface area contributed by atoms with Gasteiger partial charge in [-0.2, -0.15) is 0 Å². The molecule has 1 saturated heterocycles. The highest BCUT2D eigenvalue weighted by Gasteiger charge is 2.29. The summed E-state index contributed by atoms with van der Waals surface area (Å²) in [5.74, 6) is 1.37. The zero-order chi connectivity index (χ0) is 22.1. The van der Waals surface area contributed by atoms with Crippen molar-refractivity contribution in [1.29, 1.82) is 0 Å². The van der Waals surface area contributed by atoms with Gasteiger partial charge in [-0.15, -0.1) is 24.0 Å². The summed E-state index contributed by atoms with van der Waals surface area (Å²) in [4.78, 5) is 21.6. The van der Waals surface area contributed by atoms with Crippen molar-refractivity contribution in [3.05, 3.63) is 35.9 Å². The largest absolute Gasteiger partial charge is 0.384 e. The molecule has 7 nitrogen and oxygen atoms in total. The van der Waals surface area contributed by atoms with Gasteiger partial charge in [0.05, 0.1) is 6.54 Å². The van der Waals surface area contributed by atoms with E-state index in [-0.39, 0.29) is 36.4 Å². The maximum atomic E-state index is 12.6. The second-order valence-electron chi connectivity index (χ2n) is 8.91. The monoisotopic (exact) mass is 557 g/mol. The number of halogens is 1. The van der Waals surface area contributed by atoms with E-state index in [2.05, 4.69) is 25.4 Å². The first kappa shape index (κ1) is 26.9. The van der Waals surface area contributed by atoms with Crippen LogP contribution in [0, 0.1) is 5.92 Å². The fourth-order valence-corrected chi connectivity index (χ4v) is 4.42. The predicted octanol–water partition coefficient (Wildman–Crippen LogP) is 2.40. The van der Waals surface area contributed by atoms with Crippen molar-refractivity contribution in [2.45, 2.75) is 45.1 Å². The molecule has 2 fully saturated rings. The van der Waals surface area contributed by atoms with Crippen LogP contribution in [-0.2, 0) is 10.4 Å². The van der Waals surface area contributed by atoms with Gasteiger partial charge in [0, 0.05) is 51.7 Å². The minimum Gasteiger partial charge on any atom is -0.384 e. The molecule has 1 atom stereocenters. The molecule has 8 heteroatoms. The van der Waals surface area contributed by atoms with Crippen LogP contribution < -0.4 is 10.6 Å². The van der Waals surface area contributed by atoms with E-state index in [1.165, 1.54) is 12.8 Å². The first-order valence-corrected chi connectivity index (χ1v) is 11.8. The molecule has 0 aromatic heterocycles. The molecular formula is C24H40IN5O2. The van der Waals surface area contributed by atoms with Gasteiger partial charge in [0.2, 0.25) is 5.91 Å². The van der Waals surface area contributed by atoms with Gasteiger partial charge in [0.1, 0.15) is 5.60 Å². The maximum absolute atomic E-state index is 12.6. The van der Waals surface area contributed by atoms with Crippen molar-refractivity contribution in [3.63, 3.8) is 0 Å². The summed E-state index contributed by atoms with van der Waals surface area (Å²) in [6, 6.07) is 9.65. The van der Waals surface area contributed by atoms with Gasteiger partial charge < -0.3 is 20.6 Å². The minimum atomic E-state index is -1.01. The van der Waals surface area contributed by atoms with E-state index in [1.807, 2.05) is 37.3 Å². The fraction of sp³-hybridized carbons (Fsp3) is 0.667. The number of guanidine groups is 1. The summed E-state index contributed by atoms with van der Waals surface area (Å²) < 4.78 is 0. The molecule has 1 saturated carbocycles. The van der Waals surface area contributed by atoms with Gasteiger partial charge in [-0.3, -0.25) is 9.69 Å². The van der Waals surface area contributed by atoms with Crippen molar-refractivity contribution >= 4 is 35.8 Å². The number of carbonyl (C=O) groups excluding carboxylic acids is 1. The van der Waals surface area contributed by atoms with Crippen LogP contribution in [0.1, 0.15) is 45.1 Å². The molecule has 1 aliphatic carbocycles. The number of aliphatic hydroxyl groups is 1. The van der Waals surface area contributed by atoms with E-state index in [1.54, 1.807) is 6.92 Å². The van der Waals surface area contributed by atoms with Gasteiger partial charge in [0.25, 0.3) is 0 Å². The summed E-state index contributed by atoms with van der Waals surface area (Å²) >= 11 is 0. The highest BCUT2D eigenvalue weighted by Crippen LogP contribution is 2.27. The number of hydrogen-bond donors (Lipinski definition) is 3. The lowest BCUT2D eigenvalue weighted by molar-refractivity contribution is -0.137. The molecule has 3 rings (SSSR count). The molecule has 0 spiro atoms. The van der Waals surface area contributed by atoms with E-state index in [0.717, 1.165) is 64.2 Å². The molecule has 0 bridgehead atoms. The first-order valence-electron chi connectivity index (χ1n) is 11.8. The van der Waals surface area contributed by atoms with Gasteiger partial charge in [-0.25, -0.2) is 4.99 Å². The Morgan fingerprint density at radius 2 is 1.78 bits per heavy atom. The normalized spacial score (nSPS) is 19.8. The zero-order valence-electron chi connectivity index (χ0n) is 19.6. The number of carbonyl (C=O) groups is 1. The molecule has 180 valence electrons. The molecule has 1 aromatic carbocycles. The number of piperazine rings is 1. The molecule has 1 amide bonds. The van der Waals surface area contributed by atoms with E-state index < -0.39 is 5.60 Å². The van der Waals surface area contributed by atoms with Gasteiger partial charge in [-0.05, 0) is 32.3 Å². The molecule has 3 N–H and O–H groups in total. The Balaban J connectivity index is 0.00000363. The Morgan fingerprint density at radius 1 is 1.12 bits per heavy atom. The summed E-state index contributed by atoms with van der Waals surface area (Å²) in [5, 5.41) is 17.4. The first-order chi connectivity index (χ1) is 15.0. The maximum Gasteiger partial charge on any atom is 0.225 e. The quantitative estimate of drug-likeness (QED) is 0.260. The predicted molar refractivity (Wildman–Crippen MR) is 140 cm³/mol. The van der Waals surface area contributed by atoms with Crippen LogP contribution in [0.15, 0.2) is 35.3 Å². The lowest BCUT2D eigenvalue weighted by Gasteiger charge is -2.36. The average Bonchev–Trinajstić information content (AvgIpc) is 3.33. The van der Waals surface area contributed by atoms with Gasteiger partial charge in [0.15, 0.2) is 5.96 Å². The topological polar surface area (TPSA) is 80.2 Å². The molecule has 0 radical (unpaired) electrons. The van der Waals surface area contributed by atoms with Gasteiger partial charge in [-0.1, -0.05) is 43.2 Å². The summed E-state index contributed by atoms with van der Waals surface area (Å²) in [7, 11) is 0. The Bertz CT molecular complexity index is 714. The fourth-order valence-electron chi connectivity index (χ4n) is 4.42. The van der Waals surface area contributed by atoms with E-state index in [0.29, 0.717) is 11.9 Å². The number of benzene rings is 1. The second-order valence-corrected chi connectivity index (χ2v) is 8.91. The number of rotatable bonds is 8. The SMILES string of the molecule is CCNC(=NCC(C)(O)c1ccccc1)NCCN1CCN(C(=O)C2CCCC2)CC1.I. The van der Waals surface area contributed by atoms with Crippen LogP contribution in [-0.4, -0.2) is 79.1 Å². The molecule has 1 aliphatic heterocycles. The molecule has 1 unspecified atom stereocenters. The number of nitrogens with zero attached hydrogens (tertiary/aromatic N) is 3. The lowest BCUT2D eigenvalue weighted by Crippen LogP contribution is -2.52. The van der Waals surface area contributed by atoms with Crippen molar-refractivity contribution in [3.8, 4) is 0 Å². The third-order valence-electron chi connectivity index (χ3n) is 6.39. The molecule has 1 heterocycles. The summed E-state index contributed by atoms with van der Waals surface area (Å²) in [6.07, 6.45) is 4.57. The van der Waals surface area contributed by atoms with Crippen LogP contribution in [0.5, 0.6) is 0 Å². The van der Waals surface area contributed by atoms with Crippen molar-refractivity contribution in [2.24, 2.45) is 10.9 Å².